The summed E-state index contributed by atoms with van der Waals surface area (Å²) in [6.07, 6.45) is 5.55. The van der Waals surface area contributed by atoms with Crippen LogP contribution in [0.3, 0.4) is 0 Å². The Kier molecular flexibility index (Phi) is 2.97. The molecule has 6 heteroatoms. The van der Waals surface area contributed by atoms with Crippen LogP contribution in [0.15, 0.2) is 18.7 Å². The molecule has 0 fully saturated rings. The second-order valence-electron chi connectivity index (χ2n) is 4.69. The van der Waals surface area contributed by atoms with E-state index < -0.39 is 5.54 Å². The summed E-state index contributed by atoms with van der Waals surface area (Å²) in [5.74, 6) is 0. The van der Waals surface area contributed by atoms with Crippen molar-refractivity contribution in [1.82, 2.24) is 24.5 Å². The molecule has 0 bridgehead atoms. The summed E-state index contributed by atoms with van der Waals surface area (Å²) in [7, 11) is 0. The monoisotopic (exact) mass is 234 g/mol. The van der Waals surface area contributed by atoms with Gasteiger partial charge in [-0.3, -0.25) is 0 Å². The third kappa shape index (κ3) is 2.52. The quantitative estimate of drug-likeness (QED) is 0.846. The van der Waals surface area contributed by atoms with Crippen LogP contribution in [0.1, 0.15) is 32.2 Å². The van der Waals surface area contributed by atoms with Crippen molar-refractivity contribution in [3.63, 3.8) is 0 Å². The van der Waals surface area contributed by atoms with Gasteiger partial charge in [0.05, 0.1) is 36.5 Å². The highest BCUT2D eigenvalue weighted by atomic mass is 15.4. The molecule has 0 amide bonds. The number of imidazole rings is 1. The summed E-state index contributed by atoms with van der Waals surface area (Å²) < 4.78 is 3.86. The second-order valence-corrected chi connectivity index (χ2v) is 4.69. The standard InChI is InChI=1S/C11H18N6/c1-4-16-8-13-5-9(16)6-17-7-10(14-15-17)11(2,3)12/h5,7-8H,4,6,12H2,1-3H3. The van der Waals surface area contributed by atoms with Crippen LogP contribution in [0, 0.1) is 0 Å². The van der Waals surface area contributed by atoms with E-state index in [4.69, 9.17) is 5.73 Å². The van der Waals surface area contributed by atoms with E-state index in [1.165, 1.54) is 0 Å². The molecular weight excluding hydrogens is 216 g/mol. The predicted octanol–water partition coefficient (Wildman–Crippen LogP) is 0.737. The zero-order chi connectivity index (χ0) is 12.5. The summed E-state index contributed by atoms with van der Waals surface area (Å²) in [6, 6.07) is 0. The van der Waals surface area contributed by atoms with Crippen molar-refractivity contribution >= 4 is 0 Å². The minimum atomic E-state index is -0.455. The van der Waals surface area contributed by atoms with Gasteiger partial charge in [0, 0.05) is 6.54 Å². The molecule has 0 spiro atoms. The highest BCUT2D eigenvalue weighted by molar-refractivity contribution is 5.07. The first-order chi connectivity index (χ1) is 8.00. The molecule has 0 aliphatic rings. The normalized spacial score (nSPS) is 12.0. The largest absolute Gasteiger partial charge is 0.333 e. The van der Waals surface area contributed by atoms with Crippen molar-refractivity contribution in [3.05, 3.63) is 30.1 Å². The van der Waals surface area contributed by atoms with E-state index in [9.17, 15) is 0 Å². The number of rotatable bonds is 4. The lowest BCUT2D eigenvalue weighted by Gasteiger charge is -2.13. The summed E-state index contributed by atoms with van der Waals surface area (Å²) >= 11 is 0. The van der Waals surface area contributed by atoms with Crippen LogP contribution >= 0.6 is 0 Å². The number of hydrogen-bond donors (Lipinski definition) is 1. The molecule has 6 nitrogen and oxygen atoms in total. The van der Waals surface area contributed by atoms with E-state index in [-0.39, 0.29) is 0 Å². The van der Waals surface area contributed by atoms with Gasteiger partial charge in [0.25, 0.3) is 0 Å². The lowest BCUT2D eigenvalue weighted by molar-refractivity contribution is 0.533. The first-order valence-corrected chi connectivity index (χ1v) is 5.69. The van der Waals surface area contributed by atoms with Crippen LogP contribution in [-0.4, -0.2) is 24.5 Å². The van der Waals surface area contributed by atoms with Gasteiger partial charge in [0.1, 0.15) is 5.69 Å². The fourth-order valence-corrected chi connectivity index (χ4v) is 1.60. The zero-order valence-corrected chi connectivity index (χ0v) is 10.5. The molecule has 0 saturated carbocycles. The molecule has 2 N–H and O–H groups in total. The maximum atomic E-state index is 5.97. The van der Waals surface area contributed by atoms with Crippen LogP contribution in [0.4, 0.5) is 0 Å². The highest BCUT2D eigenvalue weighted by Gasteiger charge is 2.18. The molecule has 2 aromatic rings. The Labute approximate surface area is 100 Å². The lowest BCUT2D eigenvalue weighted by atomic mass is 10.0. The van der Waals surface area contributed by atoms with Gasteiger partial charge in [0.2, 0.25) is 0 Å². The predicted molar refractivity (Wildman–Crippen MR) is 64.2 cm³/mol. The molecule has 2 heterocycles. The van der Waals surface area contributed by atoms with Gasteiger partial charge in [-0.1, -0.05) is 5.21 Å². The molecule has 0 radical (unpaired) electrons. The van der Waals surface area contributed by atoms with Crippen LogP contribution in [0.2, 0.25) is 0 Å². The number of aryl methyl sites for hydroxylation is 1. The molecule has 2 rings (SSSR count). The smallest absolute Gasteiger partial charge is 0.102 e. The molecule has 0 saturated heterocycles. The van der Waals surface area contributed by atoms with E-state index in [0.29, 0.717) is 6.54 Å². The summed E-state index contributed by atoms with van der Waals surface area (Å²) in [4.78, 5) is 4.12. The van der Waals surface area contributed by atoms with Gasteiger partial charge in [0.15, 0.2) is 0 Å². The maximum absolute atomic E-state index is 5.97. The van der Waals surface area contributed by atoms with Crippen molar-refractivity contribution in [2.75, 3.05) is 0 Å². The van der Waals surface area contributed by atoms with Gasteiger partial charge in [-0.25, -0.2) is 9.67 Å². The van der Waals surface area contributed by atoms with E-state index in [2.05, 4.69) is 26.8 Å². The Morgan fingerprint density at radius 2 is 2.18 bits per heavy atom. The van der Waals surface area contributed by atoms with E-state index in [1.54, 1.807) is 4.68 Å². The summed E-state index contributed by atoms with van der Waals surface area (Å²) in [5, 5.41) is 8.16. The van der Waals surface area contributed by atoms with Crippen LogP contribution in [0.5, 0.6) is 0 Å². The van der Waals surface area contributed by atoms with Crippen LogP contribution < -0.4 is 5.73 Å². The van der Waals surface area contributed by atoms with Crippen molar-refractivity contribution < 1.29 is 0 Å². The molecule has 0 atom stereocenters. The van der Waals surface area contributed by atoms with E-state index >= 15 is 0 Å². The van der Waals surface area contributed by atoms with Crippen molar-refractivity contribution in [1.29, 1.82) is 0 Å². The van der Waals surface area contributed by atoms with Crippen molar-refractivity contribution in [3.8, 4) is 0 Å². The molecule has 0 aliphatic heterocycles. The number of hydrogen-bond acceptors (Lipinski definition) is 4. The topological polar surface area (TPSA) is 74.5 Å². The van der Waals surface area contributed by atoms with Gasteiger partial charge >= 0.3 is 0 Å². The zero-order valence-electron chi connectivity index (χ0n) is 10.5. The fourth-order valence-electron chi connectivity index (χ4n) is 1.60. The van der Waals surface area contributed by atoms with Crippen LogP contribution in [-0.2, 0) is 18.6 Å². The number of aromatic nitrogens is 5. The van der Waals surface area contributed by atoms with Gasteiger partial charge in [-0.2, -0.15) is 0 Å². The Morgan fingerprint density at radius 1 is 1.41 bits per heavy atom. The maximum Gasteiger partial charge on any atom is 0.102 e. The van der Waals surface area contributed by atoms with Gasteiger partial charge in [-0.05, 0) is 20.8 Å². The summed E-state index contributed by atoms with van der Waals surface area (Å²) in [6.45, 7) is 7.48. The molecule has 17 heavy (non-hydrogen) atoms. The van der Waals surface area contributed by atoms with Gasteiger partial charge in [-0.15, -0.1) is 5.10 Å². The fraction of sp³-hybridized carbons (Fsp3) is 0.545. The van der Waals surface area contributed by atoms with Crippen molar-refractivity contribution in [2.45, 2.75) is 39.4 Å². The Balaban J connectivity index is 2.17. The Bertz CT molecular complexity index is 490. The molecular formula is C11H18N6. The molecule has 92 valence electrons. The molecule has 2 aromatic heterocycles. The van der Waals surface area contributed by atoms with Crippen molar-refractivity contribution in [2.24, 2.45) is 5.73 Å². The number of nitrogens with two attached hydrogens (primary N) is 1. The average molecular weight is 234 g/mol. The van der Waals surface area contributed by atoms with Gasteiger partial charge < -0.3 is 10.3 Å². The molecule has 0 aliphatic carbocycles. The molecule has 0 aromatic carbocycles. The Hall–Kier alpha value is -1.69. The minimum absolute atomic E-state index is 0.455. The average Bonchev–Trinajstić information content (AvgIpc) is 2.86. The SMILES string of the molecule is CCn1cncc1Cn1cc(C(C)(C)N)nn1. The highest BCUT2D eigenvalue weighted by Crippen LogP contribution is 2.13. The first kappa shape index (κ1) is 11.8. The Morgan fingerprint density at radius 3 is 2.76 bits per heavy atom. The third-order valence-corrected chi connectivity index (χ3v) is 2.66. The van der Waals surface area contributed by atoms with E-state index in [0.717, 1.165) is 17.9 Å². The van der Waals surface area contributed by atoms with E-state index in [1.807, 2.05) is 32.6 Å². The molecule has 0 unspecified atom stereocenters. The third-order valence-electron chi connectivity index (χ3n) is 2.66. The summed E-state index contributed by atoms with van der Waals surface area (Å²) in [5.41, 5.74) is 7.41. The van der Waals surface area contributed by atoms with Crippen LogP contribution in [0.25, 0.3) is 0 Å². The first-order valence-electron chi connectivity index (χ1n) is 5.69. The minimum Gasteiger partial charge on any atom is -0.333 e. The number of nitrogens with zero attached hydrogens (tertiary/aromatic N) is 5. The second kappa shape index (κ2) is 4.29. The lowest BCUT2D eigenvalue weighted by Crippen LogP contribution is -2.29.